The Bertz CT molecular complexity index is 621. The lowest BCUT2D eigenvalue weighted by Crippen LogP contribution is -2.34. The molecular weight excluding hydrogens is 420 g/mol. The lowest BCUT2D eigenvalue weighted by molar-refractivity contribution is -0.384. The second-order valence-electron chi connectivity index (χ2n) is 5.50. The van der Waals surface area contributed by atoms with E-state index in [9.17, 15) is 19.7 Å². The van der Waals surface area contributed by atoms with Gasteiger partial charge in [0.25, 0.3) is 5.69 Å². The Hall–Kier alpha value is -1.28. The Balaban J connectivity index is 1.90. The molecule has 1 aliphatic carbocycles. The molecular formula is C14H12Br2N2O4. The van der Waals surface area contributed by atoms with Gasteiger partial charge in [-0.05, 0) is 25.0 Å². The summed E-state index contributed by atoms with van der Waals surface area (Å²) in [6, 6.07) is 5.50. The average molecular weight is 432 g/mol. The number of benzene rings is 1. The summed E-state index contributed by atoms with van der Waals surface area (Å²) in [6.45, 7) is 0. The summed E-state index contributed by atoms with van der Waals surface area (Å²) in [5.41, 5.74) is 0.327. The molecule has 0 spiro atoms. The molecule has 0 bridgehead atoms. The number of rotatable bonds is 2. The minimum Gasteiger partial charge on any atom is -0.274 e. The van der Waals surface area contributed by atoms with Crippen LogP contribution in [0.2, 0.25) is 0 Å². The van der Waals surface area contributed by atoms with E-state index in [1.165, 1.54) is 29.2 Å². The molecule has 1 aromatic carbocycles. The first-order valence-electron chi connectivity index (χ1n) is 6.80. The van der Waals surface area contributed by atoms with Crippen LogP contribution in [0.5, 0.6) is 0 Å². The van der Waals surface area contributed by atoms with Crippen LogP contribution in [0.15, 0.2) is 24.3 Å². The van der Waals surface area contributed by atoms with Gasteiger partial charge in [0.05, 0.1) is 22.4 Å². The third-order valence-electron chi connectivity index (χ3n) is 4.23. The highest BCUT2D eigenvalue weighted by Gasteiger charge is 2.52. The molecule has 1 aliphatic heterocycles. The predicted molar refractivity (Wildman–Crippen MR) is 87.2 cm³/mol. The summed E-state index contributed by atoms with van der Waals surface area (Å²) in [5, 5.41) is 10.7. The van der Waals surface area contributed by atoms with Crippen LogP contribution >= 0.6 is 31.9 Å². The first-order chi connectivity index (χ1) is 10.4. The quantitative estimate of drug-likeness (QED) is 0.312. The molecule has 3 rings (SSSR count). The fraction of sp³-hybridized carbons (Fsp3) is 0.429. The van der Waals surface area contributed by atoms with Gasteiger partial charge in [-0.1, -0.05) is 31.9 Å². The maximum Gasteiger partial charge on any atom is 0.269 e. The van der Waals surface area contributed by atoms with Crippen molar-refractivity contribution in [3.8, 4) is 0 Å². The molecule has 22 heavy (non-hydrogen) atoms. The number of halogens is 2. The van der Waals surface area contributed by atoms with E-state index in [2.05, 4.69) is 31.9 Å². The van der Waals surface area contributed by atoms with Crippen LogP contribution in [0.4, 0.5) is 11.4 Å². The topological polar surface area (TPSA) is 80.5 Å². The van der Waals surface area contributed by atoms with E-state index in [1.807, 2.05) is 0 Å². The van der Waals surface area contributed by atoms with Crippen molar-refractivity contribution in [1.82, 2.24) is 0 Å². The molecule has 1 saturated carbocycles. The van der Waals surface area contributed by atoms with Gasteiger partial charge in [-0.25, -0.2) is 0 Å². The van der Waals surface area contributed by atoms with Crippen LogP contribution in [-0.4, -0.2) is 26.4 Å². The summed E-state index contributed by atoms with van der Waals surface area (Å²) in [4.78, 5) is 36.8. The molecule has 6 nitrogen and oxygen atoms in total. The minimum absolute atomic E-state index is 0.0682. The van der Waals surface area contributed by atoms with Gasteiger partial charge in [0, 0.05) is 21.8 Å². The number of nitro groups is 1. The van der Waals surface area contributed by atoms with E-state index >= 15 is 0 Å². The Morgan fingerprint density at radius 3 is 1.86 bits per heavy atom. The van der Waals surface area contributed by atoms with Crippen molar-refractivity contribution in [1.29, 1.82) is 0 Å². The zero-order chi connectivity index (χ0) is 16.0. The van der Waals surface area contributed by atoms with Crippen molar-refractivity contribution >= 4 is 55.0 Å². The fourth-order valence-electron chi connectivity index (χ4n) is 3.07. The van der Waals surface area contributed by atoms with Crippen molar-refractivity contribution < 1.29 is 14.5 Å². The summed E-state index contributed by atoms with van der Waals surface area (Å²) in [6.07, 6.45) is 1.21. The van der Waals surface area contributed by atoms with Crippen LogP contribution in [0, 0.1) is 22.0 Å². The van der Waals surface area contributed by atoms with E-state index in [0.29, 0.717) is 18.5 Å². The molecule has 0 aromatic heterocycles. The largest absolute Gasteiger partial charge is 0.274 e. The summed E-state index contributed by atoms with van der Waals surface area (Å²) in [5.74, 6) is -1.07. The molecule has 0 unspecified atom stereocenters. The zero-order valence-corrected chi connectivity index (χ0v) is 14.5. The number of carbonyl (C=O) groups is 2. The number of hydrogen-bond acceptors (Lipinski definition) is 4. The predicted octanol–water partition coefficient (Wildman–Crippen LogP) is 3.02. The highest BCUT2D eigenvalue weighted by atomic mass is 79.9. The SMILES string of the molecule is O=C1[C@H]2C[C@@H](Br)[C@H](Br)C[C@H]2C(=O)N1c1ccc([N+](=O)[O-])cc1. The van der Waals surface area contributed by atoms with Crippen LogP contribution in [0.3, 0.4) is 0 Å². The van der Waals surface area contributed by atoms with Crippen molar-refractivity contribution in [2.24, 2.45) is 11.8 Å². The maximum absolute atomic E-state index is 12.6. The maximum atomic E-state index is 12.6. The van der Waals surface area contributed by atoms with Crippen LogP contribution in [-0.2, 0) is 9.59 Å². The van der Waals surface area contributed by atoms with E-state index in [0.717, 1.165) is 0 Å². The molecule has 0 radical (unpaired) electrons. The van der Waals surface area contributed by atoms with Crippen molar-refractivity contribution in [3.05, 3.63) is 34.4 Å². The van der Waals surface area contributed by atoms with Gasteiger partial charge in [-0.2, -0.15) is 0 Å². The number of alkyl halides is 2. The first kappa shape index (κ1) is 15.6. The average Bonchev–Trinajstić information content (AvgIpc) is 2.72. The molecule has 116 valence electrons. The number of carbonyl (C=O) groups excluding carboxylic acids is 2. The van der Waals surface area contributed by atoms with Gasteiger partial charge < -0.3 is 0 Å². The Morgan fingerprint density at radius 1 is 1.00 bits per heavy atom. The summed E-state index contributed by atoms with van der Waals surface area (Å²) >= 11 is 7.07. The molecule has 2 amide bonds. The second-order valence-corrected chi connectivity index (χ2v) is 7.85. The number of anilines is 1. The summed E-state index contributed by atoms with van der Waals surface area (Å²) in [7, 11) is 0. The van der Waals surface area contributed by atoms with E-state index < -0.39 is 4.92 Å². The molecule has 1 heterocycles. The Labute approximate surface area is 143 Å². The van der Waals surface area contributed by atoms with Gasteiger partial charge in [0.15, 0.2) is 0 Å². The van der Waals surface area contributed by atoms with Crippen LogP contribution in [0.25, 0.3) is 0 Å². The molecule has 1 saturated heterocycles. The number of amides is 2. The van der Waals surface area contributed by atoms with Crippen LogP contribution in [0.1, 0.15) is 12.8 Å². The molecule has 8 heteroatoms. The number of nitro benzene ring substituents is 1. The van der Waals surface area contributed by atoms with Gasteiger partial charge in [0.2, 0.25) is 11.8 Å². The molecule has 2 fully saturated rings. The standard InChI is InChI=1S/C14H12Br2N2O4/c15-11-5-9-10(6-12(11)16)14(20)17(13(9)19)7-1-3-8(4-2-7)18(21)22/h1-4,9-12H,5-6H2/t9-,10+,11-,12-/m1/s1. The van der Waals surface area contributed by atoms with Gasteiger partial charge in [0.1, 0.15) is 0 Å². The third kappa shape index (κ3) is 2.48. The number of nitrogens with zero attached hydrogens (tertiary/aromatic N) is 2. The van der Waals surface area contributed by atoms with E-state index in [-0.39, 0.29) is 39.0 Å². The van der Waals surface area contributed by atoms with Gasteiger partial charge >= 0.3 is 0 Å². The summed E-state index contributed by atoms with van der Waals surface area (Å²) < 4.78 is 0. The molecule has 4 atom stereocenters. The minimum atomic E-state index is -0.512. The van der Waals surface area contributed by atoms with Crippen LogP contribution < -0.4 is 4.90 Å². The zero-order valence-electron chi connectivity index (χ0n) is 11.3. The Kier molecular flexibility index (Phi) is 4.07. The van der Waals surface area contributed by atoms with Gasteiger partial charge in [-0.3, -0.25) is 24.6 Å². The molecule has 2 aliphatic rings. The normalized spacial score (nSPS) is 31.3. The third-order valence-corrected chi connectivity index (χ3v) is 6.96. The van der Waals surface area contributed by atoms with E-state index in [4.69, 9.17) is 0 Å². The Morgan fingerprint density at radius 2 is 1.45 bits per heavy atom. The lowest BCUT2D eigenvalue weighted by Gasteiger charge is -2.29. The number of non-ortho nitro benzene ring substituents is 1. The van der Waals surface area contributed by atoms with Crippen molar-refractivity contribution in [3.63, 3.8) is 0 Å². The van der Waals surface area contributed by atoms with Crippen molar-refractivity contribution in [2.75, 3.05) is 4.90 Å². The van der Waals surface area contributed by atoms with Crippen molar-refractivity contribution in [2.45, 2.75) is 22.5 Å². The number of imide groups is 1. The highest BCUT2D eigenvalue weighted by Crippen LogP contribution is 2.44. The number of fused-ring (bicyclic) bond motifs is 1. The fourth-order valence-corrected chi connectivity index (χ4v) is 4.31. The smallest absolute Gasteiger partial charge is 0.269 e. The molecule has 0 N–H and O–H groups in total. The first-order valence-corrected chi connectivity index (χ1v) is 8.63. The second kappa shape index (κ2) is 5.73. The number of hydrogen-bond donors (Lipinski definition) is 0. The lowest BCUT2D eigenvalue weighted by atomic mass is 9.81. The van der Waals surface area contributed by atoms with Gasteiger partial charge in [-0.15, -0.1) is 0 Å². The molecule has 1 aromatic rings. The monoisotopic (exact) mass is 430 g/mol. The highest BCUT2D eigenvalue weighted by molar-refractivity contribution is 9.12. The van der Waals surface area contributed by atoms with E-state index in [1.54, 1.807) is 0 Å².